The number of carbonyl (C=O) groups is 1. The fourth-order valence-corrected chi connectivity index (χ4v) is 1.31. The van der Waals surface area contributed by atoms with Crippen LogP contribution in [-0.4, -0.2) is 34.7 Å². The Balaban J connectivity index is 3.54. The van der Waals surface area contributed by atoms with Gasteiger partial charge in [0.25, 0.3) is 0 Å². The Kier molecular flexibility index (Phi) is 5.11. The van der Waals surface area contributed by atoms with Crippen molar-refractivity contribution in [3.63, 3.8) is 0 Å². The van der Waals surface area contributed by atoms with Crippen LogP contribution in [0.3, 0.4) is 0 Å². The van der Waals surface area contributed by atoms with Crippen molar-refractivity contribution in [1.82, 2.24) is 0 Å². The predicted octanol–water partition coefficient (Wildman–Crippen LogP) is -0.702. The zero-order valence-corrected chi connectivity index (χ0v) is 6.99. The molecule has 66 valence electrons. The first-order valence-electron chi connectivity index (χ1n) is 3.19. The second kappa shape index (κ2) is 5.29. The molecule has 0 aliphatic rings. The largest absolute Gasteiger partial charge is 0.480 e. The van der Waals surface area contributed by atoms with Gasteiger partial charge in [0, 0.05) is 6.16 Å². The number of hydrogen-bond donors (Lipinski definition) is 3. The molecule has 2 unspecified atom stereocenters. The van der Waals surface area contributed by atoms with Gasteiger partial charge in [-0.3, -0.25) is 4.79 Å². The highest BCUT2D eigenvalue weighted by Gasteiger charge is 2.11. The van der Waals surface area contributed by atoms with Crippen molar-refractivity contribution in [1.29, 1.82) is 0 Å². The summed E-state index contributed by atoms with van der Waals surface area (Å²) < 4.78 is 10.6. The Hall–Kier alpha value is -0.380. The van der Waals surface area contributed by atoms with E-state index >= 15 is 0 Å². The van der Waals surface area contributed by atoms with Gasteiger partial charge < -0.3 is 20.5 Å². The zero-order chi connectivity index (χ0) is 8.85. The molecule has 2 atom stereocenters. The summed E-state index contributed by atoms with van der Waals surface area (Å²) in [4.78, 5) is 10.1. The normalized spacial score (nSPS) is 15.8. The highest BCUT2D eigenvalue weighted by molar-refractivity contribution is 7.44. The highest BCUT2D eigenvalue weighted by atomic mass is 31.1. The van der Waals surface area contributed by atoms with Crippen molar-refractivity contribution in [2.75, 3.05) is 12.5 Å². The predicted molar refractivity (Wildman–Crippen MR) is 41.2 cm³/mol. The minimum Gasteiger partial charge on any atom is -0.480 e. The first-order chi connectivity index (χ1) is 5.07. The van der Waals surface area contributed by atoms with E-state index in [1.807, 2.05) is 0 Å². The van der Waals surface area contributed by atoms with Gasteiger partial charge in [-0.1, -0.05) is 0 Å². The molecule has 0 fully saturated rings. The first kappa shape index (κ1) is 10.6. The molecule has 0 heterocycles. The van der Waals surface area contributed by atoms with Crippen molar-refractivity contribution in [3.8, 4) is 0 Å². The molecule has 4 N–H and O–H groups in total. The van der Waals surface area contributed by atoms with Gasteiger partial charge in [0.1, 0.15) is 13.8 Å². The summed E-state index contributed by atoms with van der Waals surface area (Å²) in [5.41, 5.74) is 5.12. The average Bonchev–Trinajstić information content (AvgIpc) is 1.99. The molecule has 0 aromatic carbocycles. The maximum Gasteiger partial charge on any atom is 0.320 e. The Bertz CT molecular complexity index is 161. The summed E-state index contributed by atoms with van der Waals surface area (Å²) in [6.07, 6.45) is -0.000666. The van der Waals surface area contributed by atoms with Crippen LogP contribution >= 0.6 is 7.80 Å². The molecule has 11 heavy (non-hydrogen) atoms. The number of nitrogens with two attached hydrogens (primary N) is 1. The van der Waals surface area contributed by atoms with Crippen molar-refractivity contribution in [2.24, 2.45) is 5.73 Å². The summed E-state index contributed by atoms with van der Waals surface area (Å²) in [7, 11) is -1.99. The number of carboxylic acid groups (broad SMARTS) is 1. The second-order valence-electron chi connectivity index (χ2n) is 2.18. The Morgan fingerprint density at radius 3 is 2.55 bits per heavy atom. The maximum atomic E-state index is 10.6. The Morgan fingerprint density at radius 1 is 1.64 bits per heavy atom. The van der Waals surface area contributed by atoms with Crippen molar-refractivity contribution in [2.45, 2.75) is 12.5 Å². The van der Waals surface area contributed by atoms with Crippen LogP contribution in [0.2, 0.25) is 0 Å². The van der Waals surface area contributed by atoms with Crippen LogP contribution in [-0.2, 0) is 9.36 Å². The van der Waals surface area contributed by atoms with Gasteiger partial charge >= 0.3 is 5.97 Å². The van der Waals surface area contributed by atoms with Crippen LogP contribution in [0, 0.1) is 0 Å². The van der Waals surface area contributed by atoms with Crippen LogP contribution in [0.5, 0.6) is 0 Å². The molecule has 0 aromatic heterocycles. The highest BCUT2D eigenvalue weighted by Crippen LogP contribution is 2.19. The van der Waals surface area contributed by atoms with Crippen molar-refractivity contribution in [3.05, 3.63) is 0 Å². The van der Waals surface area contributed by atoms with Gasteiger partial charge in [0.2, 0.25) is 0 Å². The van der Waals surface area contributed by atoms with E-state index in [-0.39, 0.29) is 18.9 Å². The molecule has 0 bridgehead atoms. The molecule has 0 amide bonds. The van der Waals surface area contributed by atoms with Gasteiger partial charge in [0.15, 0.2) is 0 Å². The maximum absolute atomic E-state index is 10.6. The number of rotatable bonds is 5. The molecule has 6 heteroatoms. The third-order valence-electron chi connectivity index (χ3n) is 1.23. The Morgan fingerprint density at radius 2 is 2.18 bits per heavy atom. The number of hydrogen-bond acceptors (Lipinski definition) is 4. The number of aliphatic hydroxyl groups is 1. The van der Waals surface area contributed by atoms with E-state index in [1.165, 1.54) is 0 Å². The minimum atomic E-state index is -1.99. The third-order valence-corrected chi connectivity index (χ3v) is 2.43. The number of aliphatic carboxylic acids is 1. The first-order valence-corrected chi connectivity index (χ1v) is 5.01. The van der Waals surface area contributed by atoms with Crippen LogP contribution in [0.25, 0.3) is 0 Å². The molecule has 5 nitrogen and oxygen atoms in total. The SMILES string of the molecule is NC(CC[PH](=O)CO)C(=O)O. The van der Waals surface area contributed by atoms with E-state index in [4.69, 9.17) is 15.9 Å². The van der Waals surface area contributed by atoms with Gasteiger partial charge in [-0.2, -0.15) is 0 Å². The topological polar surface area (TPSA) is 101 Å². The lowest BCUT2D eigenvalue weighted by Gasteiger charge is -2.03. The van der Waals surface area contributed by atoms with Crippen molar-refractivity contribution < 1.29 is 19.6 Å². The summed E-state index contributed by atoms with van der Waals surface area (Å²) in [6, 6.07) is -0.963. The second-order valence-corrected chi connectivity index (χ2v) is 4.07. The standard InChI is InChI=1S/C5H12NO4P/c6-4(5(8)9)1-2-11(10)3-7/h4,7,11H,1-3,6H2,(H,8,9). The summed E-state index contributed by atoms with van der Waals surface area (Å²) in [6.45, 7) is 0. The van der Waals surface area contributed by atoms with Crippen LogP contribution in [0.4, 0.5) is 0 Å². The molecule has 0 saturated carbocycles. The minimum absolute atomic E-state index is 0.160. The fraction of sp³-hybridized carbons (Fsp3) is 0.800. The quantitative estimate of drug-likeness (QED) is 0.487. The number of carboxylic acids is 1. The molecular weight excluding hydrogens is 169 g/mol. The van der Waals surface area contributed by atoms with Gasteiger partial charge in [-0.05, 0) is 6.42 Å². The lowest BCUT2D eigenvalue weighted by Crippen LogP contribution is -2.30. The molecule has 0 radical (unpaired) electrons. The van der Waals surface area contributed by atoms with Crippen LogP contribution < -0.4 is 5.73 Å². The molecule has 0 aromatic rings. The van der Waals surface area contributed by atoms with E-state index in [0.29, 0.717) is 0 Å². The molecule has 0 aliphatic carbocycles. The molecule has 0 aliphatic heterocycles. The summed E-state index contributed by atoms with van der Waals surface area (Å²) >= 11 is 0. The van der Waals surface area contributed by atoms with Crippen LogP contribution in [0.1, 0.15) is 6.42 Å². The lowest BCUT2D eigenvalue weighted by atomic mass is 10.2. The van der Waals surface area contributed by atoms with E-state index in [2.05, 4.69) is 0 Å². The fourth-order valence-electron chi connectivity index (χ4n) is 0.519. The average molecular weight is 181 g/mol. The lowest BCUT2D eigenvalue weighted by molar-refractivity contribution is -0.138. The Labute approximate surface area is 65.0 Å². The molecular formula is C5H12NO4P. The third kappa shape index (κ3) is 4.95. The summed E-state index contributed by atoms with van der Waals surface area (Å²) in [5, 5.41) is 16.6. The smallest absolute Gasteiger partial charge is 0.320 e. The van der Waals surface area contributed by atoms with Gasteiger partial charge in [0.05, 0.1) is 6.35 Å². The number of aliphatic hydroxyl groups excluding tert-OH is 1. The molecule has 0 rings (SSSR count). The molecule has 0 spiro atoms. The van der Waals surface area contributed by atoms with Crippen molar-refractivity contribution >= 4 is 13.8 Å². The van der Waals surface area contributed by atoms with Gasteiger partial charge in [-0.25, -0.2) is 0 Å². The summed E-state index contributed by atoms with van der Waals surface area (Å²) in [5.74, 6) is -1.10. The molecule has 0 saturated heterocycles. The van der Waals surface area contributed by atoms with Gasteiger partial charge in [-0.15, -0.1) is 0 Å². The van der Waals surface area contributed by atoms with E-state index in [0.717, 1.165) is 0 Å². The van der Waals surface area contributed by atoms with E-state index in [9.17, 15) is 9.36 Å². The van der Waals surface area contributed by atoms with E-state index in [1.54, 1.807) is 0 Å². The monoisotopic (exact) mass is 181 g/mol. The van der Waals surface area contributed by atoms with Crippen LogP contribution in [0.15, 0.2) is 0 Å². The zero-order valence-electron chi connectivity index (χ0n) is 5.99. The van der Waals surface area contributed by atoms with E-state index < -0.39 is 19.8 Å².